The van der Waals surface area contributed by atoms with E-state index in [1.54, 1.807) is 6.20 Å². The highest BCUT2D eigenvalue weighted by Gasteiger charge is 2.32. The highest BCUT2D eigenvalue weighted by atomic mass is 35.5. The number of ether oxygens (including phenoxy) is 1. The molecule has 0 spiro atoms. The van der Waals surface area contributed by atoms with Crippen LogP contribution in [0.4, 0.5) is 0 Å². The van der Waals surface area contributed by atoms with Crippen LogP contribution in [0.25, 0.3) is 54.2 Å². The number of benzene rings is 2. The van der Waals surface area contributed by atoms with Gasteiger partial charge in [-0.1, -0.05) is 23.7 Å². The Labute approximate surface area is 252 Å². The van der Waals surface area contributed by atoms with Crippen LogP contribution in [0.15, 0.2) is 67.0 Å². The molecule has 0 aliphatic rings. The molecule has 4 heterocycles. The van der Waals surface area contributed by atoms with Crippen LogP contribution < -0.4 is 0 Å². The Morgan fingerprint density at radius 3 is 2.48 bits per heavy atom. The molecule has 0 saturated carbocycles. The maximum absolute atomic E-state index is 12.6. The second-order valence-corrected chi connectivity index (χ2v) is 12.8. The molecule has 6 aromatic rings. The average molecular weight is 597 g/mol. The zero-order valence-electron chi connectivity index (χ0n) is 23.8. The van der Waals surface area contributed by atoms with Gasteiger partial charge in [-0.05, 0) is 88.2 Å². The summed E-state index contributed by atoms with van der Waals surface area (Å²) in [7, 11) is 0. The third kappa shape index (κ3) is 5.41. The van der Waals surface area contributed by atoms with Gasteiger partial charge in [0, 0.05) is 50.8 Å². The normalized spacial score (nSPS) is 12.7. The van der Waals surface area contributed by atoms with Crippen LogP contribution in [0, 0.1) is 13.8 Å². The van der Waals surface area contributed by atoms with Crippen molar-refractivity contribution >= 4 is 50.2 Å². The van der Waals surface area contributed by atoms with E-state index >= 15 is 0 Å². The van der Waals surface area contributed by atoms with Crippen molar-refractivity contribution in [2.45, 2.75) is 46.3 Å². The molecular formula is C33H29ClN4O3S. The van der Waals surface area contributed by atoms with Crippen LogP contribution in [-0.4, -0.2) is 36.6 Å². The van der Waals surface area contributed by atoms with Gasteiger partial charge < -0.3 is 14.8 Å². The van der Waals surface area contributed by atoms with E-state index in [9.17, 15) is 9.90 Å². The lowest BCUT2D eigenvalue weighted by Crippen LogP contribution is -2.28. The van der Waals surface area contributed by atoms with Crippen molar-refractivity contribution in [3.05, 3.63) is 88.8 Å². The van der Waals surface area contributed by atoms with Crippen molar-refractivity contribution in [2.24, 2.45) is 0 Å². The zero-order valence-corrected chi connectivity index (χ0v) is 25.4. The standard InChI is InChI=1S/C33H29ClN4O3S/c1-17-12-25-29(27(19-6-8-23(34)9-7-19)26(17)28(32(39)40)41-33(3,4)5)42-31(38-25)20-10-11-35-24(15-20)22-14-21-13-18(2)37-30(21)36-16-22/h6-16,28H,1-5H3,(H,36,37)(H,39,40). The number of nitrogens with zero attached hydrogens (tertiary/aromatic N) is 3. The number of H-pyrrole nitrogens is 1. The number of halogens is 1. The van der Waals surface area contributed by atoms with Gasteiger partial charge in [0.1, 0.15) is 10.7 Å². The summed E-state index contributed by atoms with van der Waals surface area (Å²) < 4.78 is 7.01. The van der Waals surface area contributed by atoms with Crippen LogP contribution in [0.5, 0.6) is 0 Å². The molecule has 0 aliphatic carbocycles. The number of aromatic amines is 1. The van der Waals surface area contributed by atoms with Gasteiger partial charge in [0.15, 0.2) is 6.10 Å². The second kappa shape index (κ2) is 10.6. The highest BCUT2D eigenvalue weighted by molar-refractivity contribution is 7.22. The lowest BCUT2D eigenvalue weighted by atomic mass is 9.91. The summed E-state index contributed by atoms with van der Waals surface area (Å²) in [5.41, 5.74) is 7.64. The van der Waals surface area contributed by atoms with E-state index in [-0.39, 0.29) is 0 Å². The van der Waals surface area contributed by atoms with Gasteiger partial charge in [-0.15, -0.1) is 11.3 Å². The Hall–Kier alpha value is -4.11. The fraction of sp³-hybridized carbons (Fsp3) is 0.212. The first-order chi connectivity index (χ1) is 20.0. The molecule has 0 radical (unpaired) electrons. The fourth-order valence-electron chi connectivity index (χ4n) is 5.18. The number of thiazole rings is 1. The summed E-state index contributed by atoms with van der Waals surface area (Å²) in [6.07, 6.45) is 2.42. The van der Waals surface area contributed by atoms with Gasteiger partial charge in [-0.3, -0.25) is 4.98 Å². The van der Waals surface area contributed by atoms with Crippen molar-refractivity contribution in [2.75, 3.05) is 0 Å². The Balaban J connectivity index is 1.53. The summed E-state index contributed by atoms with van der Waals surface area (Å²) in [6, 6.07) is 17.5. The number of pyridine rings is 2. The van der Waals surface area contributed by atoms with Gasteiger partial charge in [0.25, 0.3) is 0 Å². The number of aliphatic carboxylic acids is 1. The second-order valence-electron chi connectivity index (χ2n) is 11.3. The van der Waals surface area contributed by atoms with Gasteiger partial charge in [0.2, 0.25) is 0 Å². The predicted octanol–water partition coefficient (Wildman–Crippen LogP) is 8.78. The number of carboxylic acids is 1. The molecule has 1 atom stereocenters. The molecule has 0 aliphatic heterocycles. The van der Waals surface area contributed by atoms with Crippen LogP contribution in [0.3, 0.4) is 0 Å². The van der Waals surface area contributed by atoms with E-state index in [0.717, 1.165) is 65.5 Å². The minimum absolute atomic E-state index is 0.599. The van der Waals surface area contributed by atoms with Crippen molar-refractivity contribution in [1.82, 2.24) is 19.9 Å². The number of aromatic nitrogens is 4. The van der Waals surface area contributed by atoms with E-state index in [1.165, 1.54) is 11.3 Å². The molecule has 9 heteroatoms. The fourth-order valence-corrected chi connectivity index (χ4v) is 6.42. The van der Waals surface area contributed by atoms with E-state index in [2.05, 4.69) is 27.1 Å². The molecule has 42 heavy (non-hydrogen) atoms. The molecule has 0 amide bonds. The lowest BCUT2D eigenvalue weighted by Gasteiger charge is -2.28. The van der Waals surface area contributed by atoms with E-state index in [4.69, 9.17) is 21.3 Å². The van der Waals surface area contributed by atoms with Gasteiger partial charge >= 0.3 is 5.97 Å². The number of carbonyl (C=O) groups is 1. The first kappa shape index (κ1) is 28.0. The third-order valence-corrected chi connectivity index (χ3v) is 8.32. The number of fused-ring (bicyclic) bond motifs is 2. The molecule has 1 unspecified atom stereocenters. The van der Waals surface area contributed by atoms with E-state index < -0.39 is 17.7 Å². The summed E-state index contributed by atoms with van der Waals surface area (Å²) >= 11 is 7.75. The number of rotatable bonds is 6. The topological polar surface area (TPSA) is 101 Å². The third-order valence-electron chi connectivity index (χ3n) is 6.93. The van der Waals surface area contributed by atoms with Crippen molar-refractivity contribution in [3.63, 3.8) is 0 Å². The SMILES string of the molecule is Cc1cc2cc(-c3cc(-c4nc5cc(C)c(C(OC(C)(C)C)C(=O)O)c(-c6ccc(Cl)cc6)c5s4)ccn3)cnc2[nH]1. The molecule has 6 rings (SSSR count). The molecule has 0 saturated heterocycles. The monoisotopic (exact) mass is 596 g/mol. The summed E-state index contributed by atoms with van der Waals surface area (Å²) in [5, 5.41) is 12.7. The predicted molar refractivity (Wildman–Crippen MR) is 169 cm³/mol. The van der Waals surface area contributed by atoms with Crippen molar-refractivity contribution in [1.29, 1.82) is 0 Å². The molecule has 0 bridgehead atoms. The number of carboxylic acid groups (broad SMARTS) is 1. The minimum atomic E-state index is -1.17. The Morgan fingerprint density at radius 2 is 1.76 bits per heavy atom. The van der Waals surface area contributed by atoms with E-state index in [0.29, 0.717) is 10.6 Å². The van der Waals surface area contributed by atoms with Crippen LogP contribution >= 0.6 is 22.9 Å². The smallest absolute Gasteiger partial charge is 0.337 e. The van der Waals surface area contributed by atoms with Gasteiger partial charge in [-0.25, -0.2) is 14.8 Å². The molecule has 2 N–H and O–H groups in total. The maximum atomic E-state index is 12.6. The average Bonchev–Trinajstić information content (AvgIpc) is 3.53. The lowest BCUT2D eigenvalue weighted by molar-refractivity contribution is -0.160. The molecule has 212 valence electrons. The number of hydrogen-bond acceptors (Lipinski definition) is 6. The Kier molecular flexibility index (Phi) is 7.09. The van der Waals surface area contributed by atoms with Crippen LogP contribution in [0.1, 0.15) is 43.7 Å². The van der Waals surface area contributed by atoms with Crippen LogP contribution in [-0.2, 0) is 9.53 Å². The van der Waals surface area contributed by atoms with Gasteiger partial charge in [-0.2, -0.15) is 0 Å². The summed E-state index contributed by atoms with van der Waals surface area (Å²) in [4.78, 5) is 30.1. The first-order valence-electron chi connectivity index (χ1n) is 13.5. The Morgan fingerprint density at radius 1 is 1.00 bits per heavy atom. The molecule has 7 nitrogen and oxygen atoms in total. The Bertz CT molecular complexity index is 1970. The maximum Gasteiger partial charge on any atom is 0.337 e. The number of nitrogens with one attached hydrogen (secondary N) is 1. The quantitative estimate of drug-likeness (QED) is 0.199. The number of aryl methyl sites for hydroxylation is 2. The first-order valence-corrected chi connectivity index (χ1v) is 14.7. The summed E-state index contributed by atoms with van der Waals surface area (Å²) in [6.45, 7) is 9.48. The molecule has 2 aromatic carbocycles. The van der Waals surface area contributed by atoms with Crippen LogP contribution in [0.2, 0.25) is 5.02 Å². The summed E-state index contributed by atoms with van der Waals surface area (Å²) in [5.74, 6) is -1.05. The van der Waals surface area contributed by atoms with E-state index in [1.807, 2.05) is 83.3 Å². The van der Waals surface area contributed by atoms with Crippen molar-refractivity contribution in [3.8, 4) is 33.0 Å². The minimum Gasteiger partial charge on any atom is -0.479 e. The van der Waals surface area contributed by atoms with Crippen molar-refractivity contribution < 1.29 is 14.6 Å². The zero-order chi connectivity index (χ0) is 29.8. The molecular weight excluding hydrogens is 568 g/mol. The van der Waals surface area contributed by atoms with Gasteiger partial charge in [0.05, 0.1) is 21.5 Å². The highest BCUT2D eigenvalue weighted by Crippen LogP contribution is 2.44. The molecule has 0 fully saturated rings. The largest absolute Gasteiger partial charge is 0.479 e. The molecule has 4 aromatic heterocycles. The number of hydrogen-bond donors (Lipinski definition) is 2.